The molecule has 0 spiro atoms. The molecular formula is C11H11BrFNO2. The van der Waals surface area contributed by atoms with E-state index in [4.69, 9.17) is 14.9 Å². The van der Waals surface area contributed by atoms with Crippen molar-refractivity contribution in [1.29, 1.82) is 0 Å². The maximum Gasteiger partial charge on any atom is 0.149 e. The molecule has 1 aromatic heterocycles. The highest BCUT2D eigenvalue weighted by atomic mass is 79.9. The van der Waals surface area contributed by atoms with E-state index in [-0.39, 0.29) is 12.4 Å². The van der Waals surface area contributed by atoms with Gasteiger partial charge in [0.05, 0.1) is 17.6 Å². The zero-order valence-corrected chi connectivity index (χ0v) is 10.3. The van der Waals surface area contributed by atoms with E-state index in [0.29, 0.717) is 27.8 Å². The lowest BCUT2D eigenvalue weighted by atomic mass is 10.1. The number of hydrogen-bond donors (Lipinski definition) is 1. The van der Waals surface area contributed by atoms with E-state index in [2.05, 4.69) is 15.9 Å². The number of rotatable bonds is 3. The molecule has 0 radical (unpaired) electrons. The van der Waals surface area contributed by atoms with E-state index in [9.17, 15) is 4.39 Å². The van der Waals surface area contributed by atoms with Gasteiger partial charge in [0.15, 0.2) is 0 Å². The van der Waals surface area contributed by atoms with Crippen LogP contribution in [0.4, 0.5) is 4.39 Å². The number of hydrogen-bond acceptors (Lipinski definition) is 3. The first-order valence-corrected chi connectivity index (χ1v) is 5.55. The summed E-state index contributed by atoms with van der Waals surface area (Å²) in [5.41, 5.74) is 6.99. The van der Waals surface area contributed by atoms with Gasteiger partial charge in [-0.2, -0.15) is 0 Å². The molecule has 3 nitrogen and oxygen atoms in total. The van der Waals surface area contributed by atoms with E-state index in [0.717, 1.165) is 5.56 Å². The summed E-state index contributed by atoms with van der Waals surface area (Å²) in [5, 5.41) is 0.703. The van der Waals surface area contributed by atoms with E-state index in [1.807, 2.05) is 0 Å². The molecular weight excluding hydrogens is 277 g/mol. The molecule has 0 bridgehead atoms. The summed E-state index contributed by atoms with van der Waals surface area (Å²) in [5.74, 6) is 0.309. The van der Waals surface area contributed by atoms with Crippen LogP contribution in [-0.2, 0) is 17.9 Å². The molecule has 0 atom stereocenters. The van der Waals surface area contributed by atoms with Gasteiger partial charge in [0.2, 0.25) is 0 Å². The van der Waals surface area contributed by atoms with Crippen molar-refractivity contribution in [3.8, 4) is 0 Å². The Morgan fingerprint density at radius 2 is 2.25 bits per heavy atom. The third-order valence-corrected chi connectivity index (χ3v) is 2.96. The molecule has 0 aliphatic heterocycles. The summed E-state index contributed by atoms with van der Waals surface area (Å²) >= 11 is 3.26. The van der Waals surface area contributed by atoms with Crippen LogP contribution in [-0.4, -0.2) is 7.11 Å². The Morgan fingerprint density at radius 1 is 1.50 bits per heavy atom. The van der Waals surface area contributed by atoms with Crippen molar-refractivity contribution < 1.29 is 13.5 Å². The SMILES string of the molecule is COCc1c(CN)oc2c(Br)cc(F)cc12. The number of furan rings is 1. The summed E-state index contributed by atoms with van der Waals surface area (Å²) in [4.78, 5) is 0. The lowest BCUT2D eigenvalue weighted by Gasteiger charge is -1.99. The first kappa shape index (κ1) is 11.6. The van der Waals surface area contributed by atoms with Gasteiger partial charge in [-0.15, -0.1) is 0 Å². The molecule has 2 rings (SSSR count). The van der Waals surface area contributed by atoms with Crippen LogP contribution in [0.2, 0.25) is 0 Å². The third kappa shape index (κ3) is 1.86. The smallest absolute Gasteiger partial charge is 0.149 e. The lowest BCUT2D eigenvalue weighted by molar-refractivity contribution is 0.184. The largest absolute Gasteiger partial charge is 0.458 e. The predicted octanol–water partition coefficient (Wildman–Crippen LogP) is 2.94. The van der Waals surface area contributed by atoms with Gasteiger partial charge in [0, 0.05) is 18.1 Å². The van der Waals surface area contributed by atoms with Crippen LogP contribution in [0.3, 0.4) is 0 Å². The van der Waals surface area contributed by atoms with Gasteiger partial charge >= 0.3 is 0 Å². The van der Waals surface area contributed by atoms with Crippen LogP contribution in [0, 0.1) is 5.82 Å². The molecule has 0 unspecified atom stereocenters. The molecule has 0 amide bonds. The Labute approximate surface area is 100 Å². The number of benzene rings is 1. The first-order chi connectivity index (χ1) is 7.67. The Morgan fingerprint density at radius 3 is 2.88 bits per heavy atom. The number of methoxy groups -OCH3 is 1. The molecule has 0 aliphatic carbocycles. The zero-order valence-electron chi connectivity index (χ0n) is 8.72. The van der Waals surface area contributed by atoms with Crippen LogP contribution in [0.25, 0.3) is 11.0 Å². The number of halogens is 2. The van der Waals surface area contributed by atoms with Gasteiger partial charge in [-0.05, 0) is 28.1 Å². The quantitative estimate of drug-likeness (QED) is 0.944. The maximum absolute atomic E-state index is 13.3. The standard InChI is InChI=1S/C11H11BrFNO2/c1-15-5-8-7-2-6(13)3-9(12)11(7)16-10(8)4-14/h2-3H,4-5,14H2,1H3. The average Bonchev–Trinajstić information content (AvgIpc) is 2.58. The second-order valence-corrected chi connectivity index (χ2v) is 4.26. The molecule has 2 N–H and O–H groups in total. The lowest BCUT2D eigenvalue weighted by Crippen LogP contribution is -1.99. The molecule has 0 saturated carbocycles. The predicted molar refractivity (Wildman–Crippen MR) is 62.5 cm³/mol. The highest BCUT2D eigenvalue weighted by molar-refractivity contribution is 9.10. The minimum atomic E-state index is -0.318. The minimum Gasteiger partial charge on any atom is -0.458 e. The van der Waals surface area contributed by atoms with Crippen LogP contribution in [0.1, 0.15) is 11.3 Å². The molecule has 2 aromatic rings. The highest BCUT2D eigenvalue weighted by Gasteiger charge is 2.16. The van der Waals surface area contributed by atoms with E-state index < -0.39 is 0 Å². The Hall–Kier alpha value is -0.910. The molecule has 86 valence electrons. The Bertz CT molecular complexity index is 524. The second kappa shape index (κ2) is 4.53. The first-order valence-electron chi connectivity index (χ1n) is 4.75. The highest BCUT2D eigenvalue weighted by Crippen LogP contribution is 2.32. The second-order valence-electron chi connectivity index (χ2n) is 3.41. The van der Waals surface area contributed by atoms with E-state index in [1.165, 1.54) is 12.1 Å². The van der Waals surface area contributed by atoms with Crippen molar-refractivity contribution >= 4 is 26.9 Å². The summed E-state index contributed by atoms with van der Waals surface area (Å²) < 4.78 is 24.5. The van der Waals surface area contributed by atoms with Gasteiger partial charge in [-0.25, -0.2) is 4.39 Å². The number of fused-ring (bicyclic) bond motifs is 1. The van der Waals surface area contributed by atoms with Gasteiger partial charge in [0.25, 0.3) is 0 Å². The fourth-order valence-corrected chi connectivity index (χ4v) is 2.20. The minimum absolute atomic E-state index is 0.265. The maximum atomic E-state index is 13.3. The van der Waals surface area contributed by atoms with Crippen molar-refractivity contribution in [1.82, 2.24) is 0 Å². The van der Waals surface area contributed by atoms with Crippen molar-refractivity contribution in [2.75, 3.05) is 7.11 Å². The van der Waals surface area contributed by atoms with Crippen molar-refractivity contribution in [2.45, 2.75) is 13.2 Å². The zero-order chi connectivity index (χ0) is 11.7. The van der Waals surface area contributed by atoms with Crippen molar-refractivity contribution in [2.24, 2.45) is 5.73 Å². The molecule has 0 saturated heterocycles. The number of ether oxygens (including phenoxy) is 1. The third-order valence-electron chi connectivity index (χ3n) is 2.37. The monoisotopic (exact) mass is 287 g/mol. The fraction of sp³-hybridized carbons (Fsp3) is 0.273. The topological polar surface area (TPSA) is 48.4 Å². The Balaban J connectivity index is 2.73. The van der Waals surface area contributed by atoms with Gasteiger partial charge in [0.1, 0.15) is 17.2 Å². The molecule has 5 heteroatoms. The molecule has 1 heterocycles. The molecule has 16 heavy (non-hydrogen) atoms. The summed E-state index contributed by atoms with van der Waals surface area (Å²) in [6.45, 7) is 0.622. The Kier molecular flexibility index (Phi) is 3.28. The van der Waals surface area contributed by atoms with Gasteiger partial charge in [-0.1, -0.05) is 0 Å². The van der Waals surface area contributed by atoms with Crippen LogP contribution < -0.4 is 5.73 Å². The normalized spacial score (nSPS) is 11.2. The number of nitrogens with two attached hydrogens (primary N) is 1. The molecule has 0 fully saturated rings. The fourth-order valence-electron chi connectivity index (χ4n) is 1.69. The van der Waals surface area contributed by atoms with Crippen LogP contribution in [0.5, 0.6) is 0 Å². The van der Waals surface area contributed by atoms with E-state index in [1.54, 1.807) is 7.11 Å². The van der Waals surface area contributed by atoms with Crippen molar-refractivity contribution in [3.63, 3.8) is 0 Å². The average molecular weight is 288 g/mol. The van der Waals surface area contributed by atoms with Crippen LogP contribution in [0.15, 0.2) is 21.0 Å². The van der Waals surface area contributed by atoms with Gasteiger partial charge in [-0.3, -0.25) is 0 Å². The summed E-state index contributed by atoms with van der Waals surface area (Å²) in [6, 6.07) is 2.79. The molecule has 0 aliphatic rings. The van der Waals surface area contributed by atoms with Crippen molar-refractivity contribution in [3.05, 3.63) is 33.7 Å². The van der Waals surface area contributed by atoms with Gasteiger partial charge < -0.3 is 14.9 Å². The summed E-state index contributed by atoms with van der Waals surface area (Å²) in [7, 11) is 1.58. The van der Waals surface area contributed by atoms with Crippen LogP contribution >= 0.6 is 15.9 Å². The van der Waals surface area contributed by atoms with E-state index >= 15 is 0 Å². The molecule has 1 aromatic carbocycles. The summed E-state index contributed by atoms with van der Waals surface area (Å²) in [6.07, 6.45) is 0.